The van der Waals surface area contributed by atoms with Crippen molar-refractivity contribution in [3.63, 3.8) is 0 Å². The Kier molecular flexibility index (Phi) is 3.70. The summed E-state index contributed by atoms with van der Waals surface area (Å²) in [5, 5.41) is 0. The van der Waals surface area contributed by atoms with Gasteiger partial charge in [-0.05, 0) is 27.6 Å². The first kappa shape index (κ1) is 10.2. The zero-order chi connectivity index (χ0) is 9.14. The lowest BCUT2D eigenvalue weighted by Crippen LogP contribution is -2.69. The molecule has 1 saturated heterocycles. The van der Waals surface area contributed by atoms with Crippen LogP contribution in [0.25, 0.3) is 0 Å². The Labute approximate surface area is 78.3 Å². The van der Waals surface area contributed by atoms with Crippen molar-refractivity contribution in [2.75, 3.05) is 27.7 Å². The SMILES string of the molecule is CCCCN(C)C1N(C)[SiH2]N1C. The van der Waals surface area contributed by atoms with Crippen LogP contribution in [0.15, 0.2) is 0 Å². The summed E-state index contributed by atoms with van der Waals surface area (Å²) in [5.74, 6) is 0. The van der Waals surface area contributed by atoms with Crippen molar-refractivity contribution in [2.24, 2.45) is 0 Å². The highest BCUT2D eigenvalue weighted by atomic mass is 28.2. The molecule has 0 N–H and O–H groups in total. The molecule has 0 aromatic heterocycles. The van der Waals surface area contributed by atoms with Crippen LogP contribution in [0, 0.1) is 0 Å². The summed E-state index contributed by atoms with van der Waals surface area (Å²) in [6.45, 7) is 3.47. The number of unbranched alkanes of at least 4 members (excludes halogenated alkanes) is 1. The second-order valence-electron chi connectivity index (χ2n) is 3.84. The highest BCUT2D eigenvalue weighted by Gasteiger charge is 2.33. The minimum absolute atomic E-state index is 0.0348. The lowest BCUT2D eigenvalue weighted by Gasteiger charge is -2.51. The van der Waals surface area contributed by atoms with Crippen molar-refractivity contribution in [2.45, 2.75) is 26.1 Å². The zero-order valence-corrected chi connectivity index (χ0v) is 10.2. The van der Waals surface area contributed by atoms with Crippen LogP contribution in [-0.4, -0.2) is 57.9 Å². The molecular formula is C8H21N3Si. The van der Waals surface area contributed by atoms with E-state index < -0.39 is 0 Å². The maximum atomic E-state index is 2.50. The number of nitrogens with zero attached hydrogens (tertiary/aromatic N) is 3. The van der Waals surface area contributed by atoms with Crippen LogP contribution in [0.2, 0.25) is 0 Å². The van der Waals surface area contributed by atoms with Crippen LogP contribution < -0.4 is 0 Å². The molecule has 3 nitrogen and oxygen atoms in total. The van der Waals surface area contributed by atoms with E-state index in [-0.39, 0.29) is 9.84 Å². The fourth-order valence-electron chi connectivity index (χ4n) is 1.93. The first-order valence-corrected chi connectivity index (χ1v) is 6.04. The molecule has 0 atom stereocenters. The van der Waals surface area contributed by atoms with Gasteiger partial charge in [-0.3, -0.25) is 14.0 Å². The molecule has 0 bridgehead atoms. The third-order valence-corrected chi connectivity index (χ3v) is 4.04. The van der Waals surface area contributed by atoms with Gasteiger partial charge in [-0.2, -0.15) is 0 Å². The Morgan fingerprint density at radius 1 is 1.33 bits per heavy atom. The van der Waals surface area contributed by atoms with Crippen molar-refractivity contribution < 1.29 is 0 Å². The second kappa shape index (κ2) is 4.37. The Morgan fingerprint density at radius 2 is 1.92 bits per heavy atom. The molecule has 0 saturated carbocycles. The summed E-state index contributed by atoms with van der Waals surface area (Å²) >= 11 is 0. The van der Waals surface area contributed by atoms with Gasteiger partial charge < -0.3 is 0 Å². The maximum absolute atomic E-state index is 2.50. The molecule has 1 heterocycles. The van der Waals surface area contributed by atoms with E-state index in [4.69, 9.17) is 0 Å². The molecule has 1 rings (SSSR count). The summed E-state index contributed by atoms with van der Waals surface area (Å²) in [7, 11) is 6.66. The van der Waals surface area contributed by atoms with Crippen molar-refractivity contribution in [3.8, 4) is 0 Å². The van der Waals surface area contributed by atoms with Gasteiger partial charge in [0.1, 0.15) is 6.29 Å². The first-order chi connectivity index (χ1) is 5.66. The fourth-order valence-corrected chi connectivity index (χ4v) is 3.74. The van der Waals surface area contributed by atoms with Gasteiger partial charge in [0.2, 0.25) is 0 Å². The molecule has 1 aliphatic rings. The van der Waals surface area contributed by atoms with E-state index in [1.54, 1.807) is 0 Å². The molecule has 1 fully saturated rings. The molecule has 0 aromatic carbocycles. The van der Waals surface area contributed by atoms with E-state index in [1.165, 1.54) is 19.4 Å². The first-order valence-electron chi connectivity index (χ1n) is 4.77. The highest BCUT2D eigenvalue weighted by Crippen LogP contribution is 2.14. The third-order valence-electron chi connectivity index (χ3n) is 2.49. The van der Waals surface area contributed by atoms with Crippen LogP contribution in [0.3, 0.4) is 0 Å². The van der Waals surface area contributed by atoms with Gasteiger partial charge in [0.15, 0.2) is 9.84 Å². The Balaban J connectivity index is 2.26. The molecular weight excluding hydrogens is 166 g/mol. The Bertz CT molecular complexity index is 134. The summed E-state index contributed by atoms with van der Waals surface area (Å²) in [5.41, 5.74) is 0. The van der Waals surface area contributed by atoms with Crippen molar-refractivity contribution in [1.82, 2.24) is 14.0 Å². The van der Waals surface area contributed by atoms with Gasteiger partial charge in [-0.15, -0.1) is 0 Å². The minimum atomic E-state index is -0.0348. The summed E-state index contributed by atoms with van der Waals surface area (Å²) < 4.78 is 4.99. The monoisotopic (exact) mass is 187 g/mol. The third kappa shape index (κ3) is 2.07. The standard InChI is InChI=1S/C8H21N3Si/c1-5-6-7-9(2)8-10(3)12-11(8)4/h8H,5-7,12H2,1-4H3. The number of hydrogen-bond donors (Lipinski definition) is 0. The van der Waals surface area contributed by atoms with E-state index in [9.17, 15) is 0 Å². The van der Waals surface area contributed by atoms with Crippen LogP contribution in [-0.2, 0) is 0 Å². The molecule has 0 spiro atoms. The van der Waals surface area contributed by atoms with Gasteiger partial charge in [-0.25, -0.2) is 0 Å². The molecule has 0 aliphatic carbocycles. The predicted molar refractivity (Wildman–Crippen MR) is 55.4 cm³/mol. The predicted octanol–water partition coefficient (Wildman–Crippen LogP) is -0.122. The van der Waals surface area contributed by atoms with Crippen molar-refractivity contribution in [1.29, 1.82) is 0 Å². The summed E-state index contributed by atoms with van der Waals surface area (Å²) in [6, 6.07) is 0. The maximum Gasteiger partial charge on any atom is 0.177 e. The van der Waals surface area contributed by atoms with E-state index in [1.807, 2.05) is 0 Å². The quantitative estimate of drug-likeness (QED) is 0.568. The van der Waals surface area contributed by atoms with E-state index in [0.717, 1.165) is 0 Å². The lowest BCUT2D eigenvalue weighted by atomic mass is 10.3. The van der Waals surface area contributed by atoms with Crippen molar-refractivity contribution in [3.05, 3.63) is 0 Å². The number of hydrogen-bond acceptors (Lipinski definition) is 3. The molecule has 0 aromatic rings. The van der Waals surface area contributed by atoms with Crippen LogP contribution in [0.5, 0.6) is 0 Å². The molecule has 1 aliphatic heterocycles. The Morgan fingerprint density at radius 3 is 2.33 bits per heavy atom. The van der Waals surface area contributed by atoms with Crippen molar-refractivity contribution >= 4 is 9.84 Å². The fraction of sp³-hybridized carbons (Fsp3) is 1.00. The minimum Gasteiger partial charge on any atom is -0.292 e. The average molecular weight is 187 g/mol. The smallest absolute Gasteiger partial charge is 0.177 e. The van der Waals surface area contributed by atoms with Crippen LogP contribution >= 0.6 is 0 Å². The largest absolute Gasteiger partial charge is 0.292 e. The van der Waals surface area contributed by atoms with E-state index in [2.05, 4.69) is 42.1 Å². The van der Waals surface area contributed by atoms with Crippen LogP contribution in [0.1, 0.15) is 19.8 Å². The normalized spacial score (nSPS) is 28.2. The molecule has 72 valence electrons. The topological polar surface area (TPSA) is 9.72 Å². The molecule has 4 heteroatoms. The van der Waals surface area contributed by atoms with Gasteiger partial charge >= 0.3 is 0 Å². The highest BCUT2D eigenvalue weighted by molar-refractivity contribution is 6.31. The number of rotatable bonds is 4. The summed E-state index contributed by atoms with van der Waals surface area (Å²) in [6.07, 6.45) is 3.21. The molecule has 12 heavy (non-hydrogen) atoms. The summed E-state index contributed by atoms with van der Waals surface area (Å²) in [4.78, 5) is 2.44. The molecule has 0 amide bonds. The van der Waals surface area contributed by atoms with Gasteiger partial charge in [-0.1, -0.05) is 13.3 Å². The lowest BCUT2D eigenvalue weighted by molar-refractivity contribution is -0.00103. The van der Waals surface area contributed by atoms with Gasteiger partial charge in [0.25, 0.3) is 0 Å². The molecule has 0 radical (unpaired) electrons. The average Bonchev–Trinajstić information content (AvgIpc) is 2.00. The van der Waals surface area contributed by atoms with E-state index in [0.29, 0.717) is 6.29 Å². The Hall–Kier alpha value is 0.0969. The zero-order valence-electron chi connectivity index (χ0n) is 8.75. The van der Waals surface area contributed by atoms with Gasteiger partial charge in [0, 0.05) is 6.54 Å². The van der Waals surface area contributed by atoms with Crippen LogP contribution in [0.4, 0.5) is 0 Å². The van der Waals surface area contributed by atoms with E-state index >= 15 is 0 Å². The van der Waals surface area contributed by atoms with Gasteiger partial charge in [0.05, 0.1) is 0 Å². The molecule has 0 unspecified atom stereocenters. The second-order valence-corrected chi connectivity index (χ2v) is 6.11.